The molecule has 0 radical (unpaired) electrons. The van der Waals surface area contributed by atoms with Crippen molar-refractivity contribution in [3.8, 4) is 0 Å². The highest BCUT2D eigenvalue weighted by molar-refractivity contribution is 5.80. The van der Waals surface area contributed by atoms with Crippen molar-refractivity contribution in [2.24, 2.45) is 5.92 Å². The number of carbonyl (C=O) groups excluding carboxylic acids is 1. The molecule has 1 N–H and O–H groups in total. The van der Waals surface area contributed by atoms with Crippen LogP contribution in [0.1, 0.15) is 26.7 Å². The van der Waals surface area contributed by atoms with Gasteiger partial charge in [0.25, 0.3) is 0 Å². The third kappa shape index (κ3) is 3.08. The number of hydrogen-bond donors (Lipinski definition) is 1. The number of rotatable bonds is 3. The molecular weight excluding hydrogens is 166 g/mol. The molecule has 0 bridgehead atoms. The largest absolute Gasteiger partial charge is 0.393 e. The molecule has 2 unspecified atom stereocenters. The minimum absolute atomic E-state index is 0.173. The number of Topliss-reactive ketones (excluding diaryl/α,β-unsaturated/α-hetero) is 1. The van der Waals surface area contributed by atoms with Crippen LogP contribution in [-0.2, 0) is 4.79 Å². The Hall–Kier alpha value is -0.410. The van der Waals surface area contributed by atoms with E-state index in [0.29, 0.717) is 24.7 Å². The number of ketones is 1. The van der Waals surface area contributed by atoms with E-state index in [1.54, 1.807) is 0 Å². The van der Waals surface area contributed by atoms with Gasteiger partial charge in [-0.1, -0.05) is 13.8 Å². The number of hydrogen-bond acceptors (Lipinski definition) is 3. The van der Waals surface area contributed by atoms with Gasteiger partial charge in [-0.3, -0.25) is 9.69 Å². The molecular formula is C10H19NO2. The molecule has 0 aromatic carbocycles. The van der Waals surface area contributed by atoms with Gasteiger partial charge in [0.1, 0.15) is 5.78 Å². The number of likely N-dealkylation sites (tertiary alicyclic amines) is 1. The van der Waals surface area contributed by atoms with Crippen molar-refractivity contribution in [1.29, 1.82) is 0 Å². The molecule has 13 heavy (non-hydrogen) atoms. The van der Waals surface area contributed by atoms with Gasteiger partial charge in [-0.25, -0.2) is 0 Å². The second-order valence-corrected chi connectivity index (χ2v) is 3.96. The minimum Gasteiger partial charge on any atom is -0.393 e. The van der Waals surface area contributed by atoms with Gasteiger partial charge in [0, 0.05) is 19.5 Å². The quantitative estimate of drug-likeness (QED) is 0.702. The summed E-state index contributed by atoms with van der Waals surface area (Å²) in [5.41, 5.74) is 0. The second-order valence-electron chi connectivity index (χ2n) is 3.96. The minimum atomic E-state index is -0.173. The van der Waals surface area contributed by atoms with Crippen LogP contribution in [0.3, 0.4) is 0 Å². The Morgan fingerprint density at radius 3 is 2.85 bits per heavy atom. The van der Waals surface area contributed by atoms with Crippen molar-refractivity contribution < 1.29 is 9.90 Å². The number of carbonyl (C=O) groups is 1. The van der Waals surface area contributed by atoms with Crippen LogP contribution in [0, 0.1) is 5.92 Å². The molecule has 3 heteroatoms. The monoisotopic (exact) mass is 185 g/mol. The molecule has 0 aliphatic carbocycles. The summed E-state index contributed by atoms with van der Waals surface area (Å²) in [6.07, 6.45) is 1.25. The average molecular weight is 185 g/mol. The summed E-state index contributed by atoms with van der Waals surface area (Å²) in [5, 5.41) is 9.48. The number of aliphatic hydroxyl groups is 1. The van der Waals surface area contributed by atoms with Crippen LogP contribution in [0.4, 0.5) is 0 Å². The van der Waals surface area contributed by atoms with Crippen LogP contribution in [0.2, 0.25) is 0 Å². The third-order valence-corrected chi connectivity index (χ3v) is 2.74. The van der Waals surface area contributed by atoms with E-state index in [-0.39, 0.29) is 6.10 Å². The SMILES string of the molecule is CCC(=O)CN1CCC(O)C(C)C1. The van der Waals surface area contributed by atoms with Gasteiger partial charge in [0.05, 0.1) is 12.6 Å². The number of piperidine rings is 1. The molecule has 1 saturated heterocycles. The Labute approximate surface area is 79.7 Å². The zero-order chi connectivity index (χ0) is 9.84. The smallest absolute Gasteiger partial charge is 0.146 e. The number of nitrogens with zero attached hydrogens (tertiary/aromatic N) is 1. The molecule has 0 aromatic rings. The van der Waals surface area contributed by atoms with Gasteiger partial charge in [0.2, 0.25) is 0 Å². The van der Waals surface area contributed by atoms with Gasteiger partial charge < -0.3 is 5.11 Å². The van der Waals surface area contributed by atoms with E-state index < -0.39 is 0 Å². The molecule has 1 fully saturated rings. The topological polar surface area (TPSA) is 40.5 Å². The van der Waals surface area contributed by atoms with Crippen LogP contribution >= 0.6 is 0 Å². The fourth-order valence-electron chi connectivity index (χ4n) is 1.72. The highest BCUT2D eigenvalue weighted by Gasteiger charge is 2.24. The Morgan fingerprint density at radius 1 is 1.62 bits per heavy atom. The molecule has 2 atom stereocenters. The Morgan fingerprint density at radius 2 is 2.31 bits per heavy atom. The van der Waals surface area contributed by atoms with Crippen LogP contribution in [-0.4, -0.2) is 41.5 Å². The standard InChI is InChI=1S/C10H19NO2/c1-3-9(12)7-11-5-4-10(13)8(2)6-11/h8,10,13H,3-7H2,1-2H3. The average Bonchev–Trinajstić information content (AvgIpc) is 2.11. The first kappa shape index (κ1) is 10.7. The maximum Gasteiger partial charge on any atom is 0.146 e. The van der Waals surface area contributed by atoms with Crippen LogP contribution in [0.25, 0.3) is 0 Å². The first-order valence-corrected chi connectivity index (χ1v) is 5.05. The summed E-state index contributed by atoms with van der Waals surface area (Å²) < 4.78 is 0. The maximum atomic E-state index is 11.2. The Kier molecular flexibility index (Phi) is 3.88. The van der Waals surface area contributed by atoms with Gasteiger partial charge >= 0.3 is 0 Å². The van der Waals surface area contributed by atoms with E-state index in [0.717, 1.165) is 19.5 Å². The summed E-state index contributed by atoms with van der Waals surface area (Å²) in [6, 6.07) is 0. The van der Waals surface area contributed by atoms with E-state index in [9.17, 15) is 9.90 Å². The molecule has 3 nitrogen and oxygen atoms in total. The maximum absolute atomic E-state index is 11.2. The summed E-state index contributed by atoms with van der Waals surface area (Å²) in [6.45, 7) is 6.20. The molecule has 0 spiro atoms. The van der Waals surface area contributed by atoms with Gasteiger partial charge in [-0.05, 0) is 12.3 Å². The lowest BCUT2D eigenvalue weighted by molar-refractivity contribution is -0.120. The van der Waals surface area contributed by atoms with Crippen molar-refractivity contribution >= 4 is 5.78 Å². The summed E-state index contributed by atoms with van der Waals surface area (Å²) in [4.78, 5) is 13.3. The van der Waals surface area contributed by atoms with Crippen molar-refractivity contribution in [3.05, 3.63) is 0 Å². The van der Waals surface area contributed by atoms with Crippen molar-refractivity contribution in [3.63, 3.8) is 0 Å². The third-order valence-electron chi connectivity index (χ3n) is 2.74. The van der Waals surface area contributed by atoms with Crippen LogP contribution < -0.4 is 0 Å². The van der Waals surface area contributed by atoms with Gasteiger partial charge in [-0.15, -0.1) is 0 Å². The van der Waals surface area contributed by atoms with Gasteiger partial charge in [0.15, 0.2) is 0 Å². The summed E-state index contributed by atoms with van der Waals surface area (Å²) in [5.74, 6) is 0.599. The van der Waals surface area contributed by atoms with Gasteiger partial charge in [-0.2, -0.15) is 0 Å². The van der Waals surface area contributed by atoms with Crippen molar-refractivity contribution in [2.45, 2.75) is 32.8 Å². The van der Waals surface area contributed by atoms with E-state index in [2.05, 4.69) is 4.90 Å². The molecule has 1 aliphatic heterocycles. The van der Waals surface area contributed by atoms with Crippen LogP contribution in [0.5, 0.6) is 0 Å². The van der Waals surface area contributed by atoms with Crippen molar-refractivity contribution in [1.82, 2.24) is 4.90 Å². The Balaban J connectivity index is 2.33. The van der Waals surface area contributed by atoms with E-state index in [4.69, 9.17) is 0 Å². The predicted octanol–water partition coefficient (Wildman–Crippen LogP) is 0.668. The first-order valence-electron chi connectivity index (χ1n) is 5.05. The summed E-state index contributed by atoms with van der Waals surface area (Å²) >= 11 is 0. The van der Waals surface area contributed by atoms with E-state index in [1.807, 2.05) is 13.8 Å². The molecule has 1 rings (SSSR count). The van der Waals surface area contributed by atoms with Crippen molar-refractivity contribution in [2.75, 3.05) is 19.6 Å². The first-order chi connectivity index (χ1) is 6.13. The molecule has 0 saturated carbocycles. The molecule has 0 amide bonds. The molecule has 76 valence electrons. The lowest BCUT2D eigenvalue weighted by atomic mass is 9.96. The molecule has 1 heterocycles. The van der Waals surface area contributed by atoms with E-state index in [1.165, 1.54) is 0 Å². The fraction of sp³-hybridized carbons (Fsp3) is 0.900. The summed E-state index contributed by atoms with van der Waals surface area (Å²) in [7, 11) is 0. The van der Waals surface area contributed by atoms with Crippen LogP contribution in [0.15, 0.2) is 0 Å². The Bertz CT molecular complexity index is 182. The zero-order valence-electron chi connectivity index (χ0n) is 8.49. The second kappa shape index (κ2) is 4.72. The predicted molar refractivity (Wildman–Crippen MR) is 51.5 cm³/mol. The lowest BCUT2D eigenvalue weighted by Crippen LogP contribution is -2.43. The normalized spacial score (nSPS) is 30.4. The fourth-order valence-corrected chi connectivity index (χ4v) is 1.72. The number of aliphatic hydroxyl groups excluding tert-OH is 1. The molecule has 0 aromatic heterocycles. The highest BCUT2D eigenvalue weighted by Crippen LogP contribution is 2.16. The highest BCUT2D eigenvalue weighted by atomic mass is 16.3. The molecule has 1 aliphatic rings. The van der Waals surface area contributed by atoms with E-state index >= 15 is 0 Å². The lowest BCUT2D eigenvalue weighted by Gasteiger charge is -2.33. The zero-order valence-corrected chi connectivity index (χ0v) is 8.49.